The number of amides is 3. The lowest BCUT2D eigenvalue weighted by molar-refractivity contribution is -0.137. The fourth-order valence-corrected chi connectivity index (χ4v) is 1.46. The number of carbonyl (C=O) groups excluding carboxylic acids is 3. The van der Waals surface area contributed by atoms with Gasteiger partial charge < -0.3 is 16.0 Å². The Hall–Kier alpha value is -2.37. The first-order chi connectivity index (χ1) is 9.17. The lowest BCUT2D eigenvalue weighted by Crippen LogP contribution is -2.46. The zero-order valence-corrected chi connectivity index (χ0v) is 12.0. The number of nitrogens with one attached hydrogen (secondary N) is 3. The summed E-state index contributed by atoms with van der Waals surface area (Å²) < 4.78 is 0. The molecule has 0 fully saturated rings. The van der Waals surface area contributed by atoms with Crippen LogP contribution in [0.15, 0.2) is 24.3 Å². The topological polar surface area (TPSA) is 87.3 Å². The molecule has 0 saturated carbocycles. The molecular weight excluding hydrogens is 258 g/mol. The van der Waals surface area contributed by atoms with Crippen LogP contribution in [-0.2, 0) is 14.4 Å². The molecule has 0 aliphatic heterocycles. The van der Waals surface area contributed by atoms with E-state index in [2.05, 4.69) is 16.0 Å². The summed E-state index contributed by atoms with van der Waals surface area (Å²) in [5.74, 6) is -1.67. The average molecular weight is 277 g/mol. The predicted molar refractivity (Wildman–Crippen MR) is 77.3 cm³/mol. The van der Waals surface area contributed by atoms with E-state index in [1.165, 1.54) is 6.92 Å². The van der Waals surface area contributed by atoms with Gasteiger partial charge in [0, 0.05) is 23.8 Å². The minimum atomic E-state index is -0.750. The van der Waals surface area contributed by atoms with E-state index in [-0.39, 0.29) is 5.91 Å². The summed E-state index contributed by atoms with van der Waals surface area (Å²) in [5.41, 5.74) is 0.503. The van der Waals surface area contributed by atoms with E-state index in [4.69, 9.17) is 0 Å². The third-order valence-corrected chi connectivity index (χ3v) is 2.14. The highest BCUT2D eigenvalue weighted by Crippen LogP contribution is 2.15. The lowest BCUT2D eigenvalue weighted by atomic mass is 10.1. The molecule has 0 radical (unpaired) electrons. The fourth-order valence-electron chi connectivity index (χ4n) is 1.46. The number of hydrogen-bond acceptors (Lipinski definition) is 3. The minimum Gasteiger partial charge on any atom is -0.343 e. The first kappa shape index (κ1) is 15.7. The normalized spacial score (nSPS) is 10.6. The summed E-state index contributed by atoms with van der Waals surface area (Å²) in [6, 6.07) is 6.56. The van der Waals surface area contributed by atoms with Gasteiger partial charge in [0.25, 0.3) is 0 Å². The molecule has 108 valence electrons. The quantitative estimate of drug-likeness (QED) is 0.716. The van der Waals surface area contributed by atoms with E-state index in [1.807, 2.05) is 0 Å². The highest BCUT2D eigenvalue weighted by Gasteiger charge is 2.20. The Morgan fingerprint density at radius 3 is 2.00 bits per heavy atom. The maximum Gasteiger partial charge on any atom is 0.313 e. The SMILES string of the molecule is CC(=O)Nc1cccc(NC(=O)C(=O)NC(C)(C)C)c1. The largest absolute Gasteiger partial charge is 0.343 e. The van der Waals surface area contributed by atoms with Crippen molar-refractivity contribution >= 4 is 29.1 Å². The van der Waals surface area contributed by atoms with E-state index in [0.29, 0.717) is 11.4 Å². The van der Waals surface area contributed by atoms with Crippen LogP contribution in [0.1, 0.15) is 27.7 Å². The summed E-state index contributed by atoms with van der Waals surface area (Å²) in [6.07, 6.45) is 0. The van der Waals surface area contributed by atoms with Crippen molar-refractivity contribution < 1.29 is 14.4 Å². The minimum absolute atomic E-state index is 0.209. The van der Waals surface area contributed by atoms with Crippen LogP contribution in [0.4, 0.5) is 11.4 Å². The maximum absolute atomic E-state index is 11.7. The van der Waals surface area contributed by atoms with Crippen molar-refractivity contribution in [3.63, 3.8) is 0 Å². The average Bonchev–Trinajstić information content (AvgIpc) is 2.26. The molecule has 3 amide bonds. The predicted octanol–water partition coefficient (Wildman–Crippen LogP) is 1.50. The van der Waals surface area contributed by atoms with Gasteiger partial charge in [0.05, 0.1) is 0 Å². The van der Waals surface area contributed by atoms with Crippen LogP contribution < -0.4 is 16.0 Å². The van der Waals surface area contributed by atoms with Crippen molar-refractivity contribution in [3.05, 3.63) is 24.3 Å². The molecule has 0 aliphatic carbocycles. The van der Waals surface area contributed by atoms with Crippen molar-refractivity contribution in [2.24, 2.45) is 0 Å². The molecule has 0 saturated heterocycles. The number of benzene rings is 1. The molecule has 0 spiro atoms. The smallest absolute Gasteiger partial charge is 0.313 e. The first-order valence-corrected chi connectivity index (χ1v) is 6.18. The van der Waals surface area contributed by atoms with Crippen molar-refractivity contribution in [2.45, 2.75) is 33.2 Å². The summed E-state index contributed by atoms with van der Waals surface area (Å²) >= 11 is 0. The van der Waals surface area contributed by atoms with E-state index in [9.17, 15) is 14.4 Å². The molecule has 0 aromatic heterocycles. The van der Waals surface area contributed by atoms with E-state index >= 15 is 0 Å². The Balaban J connectivity index is 2.71. The van der Waals surface area contributed by atoms with Crippen LogP contribution in [0.3, 0.4) is 0 Å². The van der Waals surface area contributed by atoms with Crippen molar-refractivity contribution in [2.75, 3.05) is 10.6 Å². The second-order valence-corrected chi connectivity index (χ2v) is 5.42. The van der Waals surface area contributed by atoms with E-state index in [0.717, 1.165) is 0 Å². The summed E-state index contributed by atoms with van der Waals surface area (Å²) in [5, 5.41) is 7.64. The van der Waals surface area contributed by atoms with Crippen LogP contribution in [-0.4, -0.2) is 23.3 Å². The molecule has 6 nitrogen and oxygen atoms in total. The van der Waals surface area contributed by atoms with Gasteiger partial charge in [-0.25, -0.2) is 0 Å². The monoisotopic (exact) mass is 277 g/mol. The molecule has 20 heavy (non-hydrogen) atoms. The highest BCUT2D eigenvalue weighted by atomic mass is 16.2. The second kappa shape index (κ2) is 6.18. The Labute approximate surface area is 117 Å². The van der Waals surface area contributed by atoms with Gasteiger partial charge in [0.1, 0.15) is 0 Å². The summed E-state index contributed by atoms with van der Waals surface area (Å²) in [7, 11) is 0. The summed E-state index contributed by atoms with van der Waals surface area (Å²) in [6.45, 7) is 6.75. The molecule has 3 N–H and O–H groups in total. The molecule has 0 atom stereocenters. The Morgan fingerprint density at radius 1 is 0.950 bits per heavy atom. The molecule has 6 heteroatoms. The Bertz CT molecular complexity index is 533. The molecule has 0 bridgehead atoms. The van der Waals surface area contributed by atoms with Crippen LogP contribution >= 0.6 is 0 Å². The second-order valence-electron chi connectivity index (χ2n) is 5.42. The van der Waals surface area contributed by atoms with Crippen molar-refractivity contribution in [3.8, 4) is 0 Å². The summed E-state index contributed by atoms with van der Waals surface area (Å²) in [4.78, 5) is 34.3. The van der Waals surface area contributed by atoms with Crippen LogP contribution in [0.2, 0.25) is 0 Å². The highest BCUT2D eigenvalue weighted by molar-refractivity contribution is 6.39. The molecule has 1 rings (SSSR count). The Kier molecular flexibility index (Phi) is 4.85. The molecule has 0 unspecified atom stereocenters. The van der Waals surface area contributed by atoms with Crippen LogP contribution in [0, 0.1) is 0 Å². The van der Waals surface area contributed by atoms with Gasteiger partial charge in [-0.05, 0) is 39.0 Å². The first-order valence-electron chi connectivity index (χ1n) is 6.18. The van der Waals surface area contributed by atoms with E-state index in [1.54, 1.807) is 45.0 Å². The Morgan fingerprint density at radius 2 is 1.50 bits per heavy atom. The van der Waals surface area contributed by atoms with Gasteiger partial charge in [-0.15, -0.1) is 0 Å². The number of carbonyl (C=O) groups is 3. The number of hydrogen-bond donors (Lipinski definition) is 3. The zero-order valence-electron chi connectivity index (χ0n) is 12.0. The number of rotatable bonds is 2. The maximum atomic E-state index is 11.7. The molecule has 0 aliphatic rings. The lowest BCUT2D eigenvalue weighted by Gasteiger charge is -2.19. The molecular formula is C14H19N3O3. The van der Waals surface area contributed by atoms with Crippen molar-refractivity contribution in [1.29, 1.82) is 0 Å². The van der Waals surface area contributed by atoms with Gasteiger partial charge in [0.2, 0.25) is 5.91 Å². The zero-order chi connectivity index (χ0) is 15.3. The molecule has 1 aromatic carbocycles. The van der Waals surface area contributed by atoms with Crippen LogP contribution in [0.5, 0.6) is 0 Å². The third-order valence-electron chi connectivity index (χ3n) is 2.14. The van der Waals surface area contributed by atoms with E-state index < -0.39 is 17.4 Å². The van der Waals surface area contributed by atoms with Gasteiger partial charge in [0.15, 0.2) is 0 Å². The molecule has 0 heterocycles. The van der Waals surface area contributed by atoms with Gasteiger partial charge >= 0.3 is 11.8 Å². The van der Waals surface area contributed by atoms with Crippen LogP contribution in [0.25, 0.3) is 0 Å². The van der Waals surface area contributed by atoms with Gasteiger partial charge in [-0.3, -0.25) is 14.4 Å². The number of anilines is 2. The standard InChI is InChI=1S/C14H19N3O3/c1-9(18)15-10-6-5-7-11(8-10)16-12(19)13(20)17-14(2,3)4/h5-8H,1-4H3,(H,15,18)(H,16,19)(H,17,20). The fraction of sp³-hybridized carbons (Fsp3) is 0.357. The van der Waals surface area contributed by atoms with Crippen molar-refractivity contribution in [1.82, 2.24) is 5.32 Å². The van der Waals surface area contributed by atoms with Gasteiger partial charge in [-0.1, -0.05) is 6.07 Å². The third kappa shape index (κ3) is 5.51. The molecule has 1 aromatic rings. The van der Waals surface area contributed by atoms with Gasteiger partial charge in [-0.2, -0.15) is 0 Å².